The normalized spacial score (nSPS) is 15.1. The summed E-state index contributed by atoms with van der Waals surface area (Å²) in [6.45, 7) is 8.65. The van der Waals surface area contributed by atoms with Crippen LogP contribution in [0.4, 0.5) is 0 Å². The highest BCUT2D eigenvalue weighted by Crippen LogP contribution is 2.30. The Labute approximate surface area is 168 Å². The molecule has 0 spiro atoms. The summed E-state index contributed by atoms with van der Waals surface area (Å²) in [6, 6.07) is 6.94. The van der Waals surface area contributed by atoms with E-state index in [1.807, 2.05) is 20.8 Å². The zero-order valence-corrected chi connectivity index (χ0v) is 17.6. The van der Waals surface area contributed by atoms with Crippen molar-refractivity contribution in [1.29, 1.82) is 0 Å². The number of unbranched alkanes of at least 4 members (excludes halogenated alkanes) is 3. The molecule has 0 aromatic heterocycles. The van der Waals surface area contributed by atoms with Gasteiger partial charge in [-0.3, -0.25) is 14.4 Å². The third-order valence-corrected chi connectivity index (χ3v) is 5.38. The van der Waals surface area contributed by atoms with Crippen molar-refractivity contribution >= 4 is 17.5 Å². The third-order valence-electron chi connectivity index (χ3n) is 5.38. The van der Waals surface area contributed by atoms with Crippen LogP contribution in [-0.4, -0.2) is 24.0 Å². The summed E-state index contributed by atoms with van der Waals surface area (Å²) in [5.41, 5.74) is 1.16. The maximum atomic E-state index is 12.7. The maximum Gasteiger partial charge on any atom is 0.222 e. The van der Waals surface area contributed by atoms with Crippen LogP contribution in [0, 0.1) is 11.3 Å². The van der Waals surface area contributed by atoms with Crippen molar-refractivity contribution in [2.45, 2.75) is 66.2 Å². The smallest absolute Gasteiger partial charge is 0.222 e. The van der Waals surface area contributed by atoms with E-state index in [-0.39, 0.29) is 28.8 Å². The zero-order chi connectivity index (χ0) is 20.7. The fourth-order valence-corrected chi connectivity index (χ4v) is 3.59. The van der Waals surface area contributed by atoms with E-state index in [1.165, 1.54) is 25.3 Å². The van der Waals surface area contributed by atoms with Crippen LogP contribution >= 0.6 is 0 Å². The molecule has 0 bridgehead atoms. The molecule has 0 saturated heterocycles. The van der Waals surface area contributed by atoms with Crippen molar-refractivity contribution in [2.75, 3.05) is 6.54 Å². The van der Waals surface area contributed by atoms with Gasteiger partial charge in [0.1, 0.15) is 0 Å². The Balaban J connectivity index is 1.91. The van der Waals surface area contributed by atoms with Crippen LogP contribution < -0.4 is 5.32 Å². The van der Waals surface area contributed by atoms with Crippen LogP contribution in [0.1, 0.15) is 86.9 Å². The predicted molar refractivity (Wildman–Crippen MR) is 113 cm³/mol. The van der Waals surface area contributed by atoms with E-state index in [1.54, 1.807) is 24.3 Å². The molecule has 1 amide bonds. The highest BCUT2D eigenvalue weighted by molar-refractivity contribution is 6.24. The van der Waals surface area contributed by atoms with Gasteiger partial charge in [-0.2, -0.15) is 0 Å². The standard InChI is InChI=1S/C24H33NO3/c1-5-6-7-8-11-17(2)23(28)25-16-24(3,4)15-18-14-21(26)19-12-9-10-13-20(19)22(18)27/h9-10,12-14,17H,5-8,11,15-16H2,1-4H3,(H,25,28). The molecule has 0 radical (unpaired) electrons. The molecule has 1 aromatic carbocycles. The molecule has 28 heavy (non-hydrogen) atoms. The van der Waals surface area contributed by atoms with Gasteiger partial charge in [-0.1, -0.05) is 77.6 Å². The van der Waals surface area contributed by atoms with Gasteiger partial charge in [-0.15, -0.1) is 0 Å². The fourth-order valence-electron chi connectivity index (χ4n) is 3.59. The molecule has 1 atom stereocenters. The van der Waals surface area contributed by atoms with Gasteiger partial charge in [0, 0.05) is 29.2 Å². The van der Waals surface area contributed by atoms with Crippen LogP contribution in [0.5, 0.6) is 0 Å². The minimum atomic E-state index is -0.314. The second-order valence-corrected chi connectivity index (χ2v) is 8.72. The molecule has 0 heterocycles. The number of rotatable bonds is 10. The first-order valence-electron chi connectivity index (χ1n) is 10.4. The highest BCUT2D eigenvalue weighted by atomic mass is 16.2. The Morgan fingerprint density at radius 1 is 1.07 bits per heavy atom. The molecule has 0 saturated carbocycles. The lowest BCUT2D eigenvalue weighted by Gasteiger charge is -2.28. The highest BCUT2D eigenvalue weighted by Gasteiger charge is 2.30. The van der Waals surface area contributed by atoms with Gasteiger partial charge < -0.3 is 5.32 Å². The molecule has 4 nitrogen and oxygen atoms in total. The van der Waals surface area contributed by atoms with E-state index < -0.39 is 0 Å². The number of Topliss-reactive ketones (excluding diaryl/α,β-unsaturated/α-hetero) is 1. The van der Waals surface area contributed by atoms with Crippen LogP contribution in [0.2, 0.25) is 0 Å². The summed E-state index contributed by atoms with van der Waals surface area (Å²) < 4.78 is 0. The molecule has 1 aromatic rings. The monoisotopic (exact) mass is 383 g/mol. The first-order valence-corrected chi connectivity index (χ1v) is 10.4. The topological polar surface area (TPSA) is 63.2 Å². The van der Waals surface area contributed by atoms with Crippen molar-refractivity contribution in [3.8, 4) is 0 Å². The molecule has 1 aliphatic rings. The summed E-state index contributed by atoms with van der Waals surface area (Å²) in [5.74, 6) is -0.142. The Hall–Kier alpha value is -2.23. The van der Waals surface area contributed by atoms with Gasteiger partial charge in [-0.25, -0.2) is 0 Å². The molecule has 1 aliphatic carbocycles. The molecule has 4 heteroatoms. The second kappa shape index (κ2) is 9.81. The van der Waals surface area contributed by atoms with Gasteiger partial charge in [0.05, 0.1) is 0 Å². The van der Waals surface area contributed by atoms with E-state index in [2.05, 4.69) is 12.2 Å². The van der Waals surface area contributed by atoms with Crippen molar-refractivity contribution in [2.24, 2.45) is 11.3 Å². The van der Waals surface area contributed by atoms with Crippen molar-refractivity contribution in [1.82, 2.24) is 5.32 Å². The Morgan fingerprint density at radius 3 is 2.43 bits per heavy atom. The number of fused-ring (bicyclic) bond motifs is 1. The second-order valence-electron chi connectivity index (χ2n) is 8.72. The number of ketones is 2. The van der Waals surface area contributed by atoms with Gasteiger partial charge in [-0.05, 0) is 24.3 Å². The molecule has 2 rings (SSSR count). The van der Waals surface area contributed by atoms with E-state index in [4.69, 9.17) is 0 Å². The van der Waals surface area contributed by atoms with Crippen LogP contribution in [0.25, 0.3) is 0 Å². The minimum absolute atomic E-state index is 0.00311. The Kier molecular flexibility index (Phi) is 7.73. The molecule has 1 unspecified atom stereocenters. The number of hydrogen-bond acceptors (Lipinski definition) is 3. The lowest BCUT2D eigenvalue weighted by molar-refractivity contribution is -0.125. The third kappa shape index (κ3) is 5.88. The molecular formula is C24H33NO3. The van der Waals surface area contributed by atoms with Gasteiger partial charge >= 0.3 is 0 Å². The lowest BCUT2D eigenvalue weighted by Crippen LogP contribution is -2.37. The van der Waals surface area contributed by atoms with E-state index in [0.29, 0.717) is 29.7 Å². The number of amides is 1. The first kappa shape index (κ1) is 22.1. The first-order chi connectivity index (χ1) is 13.2. The zero-order valence-electron chi connectivity index (χ0n) is 17.6. The van der Waals surface area contributed by atoms with Crippen LogP contribution in [0.15, 0.2) is 35.9 Å². The van der Waals surface area contributed by atoms with Gasteiger partial charge in [0.2, 0.25) is 5.91 Å². The largest absolute Gasteiger partial charge is 0.355 e. The average Bonchev–Trinajstić information content (AvgIpc) is 2.67. The van der Waals surface area contributed by atoms with Crippen molar-refractivity contribution in [3.63, 3.8) is 0 Å². The lowest BCUT2D eigenvalue weighted by atomic mass is 9.79. The Bertz CT molecular complexity index is 761. The quantitative estimate of drug-likeness (QED) is 0.570. The summed E-state index contributed by atoms with van der Waals surface area (Å²) in [7, 11) is 0. The van der Waals surface area contributed by atoms with Crippen LogP contribution in [-0.2, 0) is 4.79 Å². The van der Waals surface area contributed by atoms with E-state index in [9.17, 15) is 14.4 Å². The number of carbonyl (C=O) groups is 3. The summed E-state index contributed by atoms with van der Waals surface area (Å²) >= 11 is 0. The summed E-state index contributed by atoms with van der Waals surface area (Å²) in [5, 5.41) is 3.04. The SMILES string of the molecule is CCCCCCC(C)C(=O)NCC(C)(C)CC1=CC(=O)c2ccccc2C1=O. The fraction of sp³-hybridized carbons (Fsp3) is 0.542. The molecule has 1 N–H and O–H groups in total. The minimum Gasteiger partial charge on any atom is -0.355 e. The van der Waals surface area contributed by atoms with Crippen molar-refractivity contribution in [3.05, 3.63) is 47.0 Å². The van der Waals surface area contributed by atoms with Crippen molar-refractivity contribution < 1.29 is 14.4 Å². The van der Waals surface area contributed by atoms with Gasteiger partial charge in [0.25, 0.3) is 0 Å². The predicted octanol–water partition coefficient (Wildman–Crippen LogP) is 5.13. The molecule has 0 fully saturated rings. The summed E-state index contributed by atoms with van der Waals surface area (Å²) in [6.07, 6.45) is 7.48. The molecular weight excluding hydrogens is 350 g/mol. The molecule has 152 valence electrons. The maximum absolute atomic E-state index is 12.7. The Morgan fingerprint density at radius 2 is 1.75 bits per heavy atom. The van der Waals surface area contributed by atoms with E-state index in [0.717, 1.165) is 12.8 Å². The van der Waals surface area contributed by atoms with E-state index >= 15 is 0 Å². The average molecular weight is 384 g/mol. The summed E-state index contributed by atoms with van der Waals surface area (Å²) in [4.78, 5) is 37.5. The number of benzene rings is 1. The number of hydrogen-bond donors (Lipinski definition) is 1. The van der Waals surface area contributed by atoms with Gasteiger partial charge in [0.15, 0.2) is 11.6 Å². The van der Waals surface area contributed by atoms with Crippen LogP contribution in [0.3, 0.4) is 0 Å². The number of nitrogens with one attached hydrogen (secondary N) is 1. The molecule has 0 aliphatic heterocycles. The number of carbonyl (C=O) groups excluding carboxylic acids is 3. The number of allylic oxidation sites excluding steroid dienone is 2.